The van der Waals surface area contributed by atoms with Gasteiger partial charge in [-0.2, -0.15) is 4.98 Å². The second-order valence-corrected chi connectivity index (χ2v) is 6.60. The summed E-state index contributed by atoms with van der Waals surface area (Å²) in [7, 11) is 0. The minimum absolute atomic E-state index is 0.0356. The predicted molar refractivity (Wildman–Crippen MR) is 90.6 cm³/mol. The van der Waals surface area contributed by atoms with Crippen molar-refractivity contribution in [1.82, 2.24) is 19.5 Å². The molecule has 1 saturated heterocycles. The zero-order valence-electron chi connectivity index (χ0n) is 14.2. The second kappa shape index (κ2) is 7.34. The van der Waals surface area contributed by atoms with Crippen LogP contribution in [0.4, 0.5) is 0 Å². The fraction of sp³-hybridized carbons (Fsp3) is 0.533. The molecule has 3 rings (SSSR count). The van der Waals surface area contributed by atoms with Crippen molar-refractivity contribution in [2.45, 2.75) is 39.2 Å². The summed E-state index contributed by atoms with van der Waals surface area (Å²) in [5.74, 6) is -1.13. The molecular weight excluding hydrogens is 387 g/mol. The van der Waals surface area contributed by atoms with Gasteiger partial charge in [-0.15, -0.1) is 0 Å². The van der Waals surface area contributed by atoms with Crippen LogP contribution in [0.5, 0.6) is 0 Å². The minimum Gasteiger partial charge on any atom is -0.463 e. The fourth-order valence-electron chi connectivity index (χ4n) is 2.87. The smallest absolute Gasteiger partial charge is 0.303 e. The van der Waals surface area contributed by atoms with E-state index in [0.717, 1.165) is 0 Å². The molecule has 1 aliphatic rings. The molecule has 0 unspecified atom stereocenters. The maximum Gasteiger partial charge on any atom is 0.303 e. The van der Waals surface area contributed by atoms with E-state index in [1.54, 1.807) is 4.57 Å². The van der Waals surface area contributed by atoms with Gasteiger partial charge in [0.15, 0.2) is 23.1 Å². The van der Waals surface area contributed by atoms with Crippen molar-refractivity contribution in [3.63, 3.8) is 0 Å². The largest absolute Gasteiger partial charge is 0.463 e. The lowest BCUT2D eigenvalue weighted by molar-refractivity contribution is -0.153. The summed E-state index contributed by atoms with van der Waals surface area (Å²) < 4.78 is 18.1. The molecule has 26 heavy (non-hydrogen) atoms. The molecule has 2 aromatic rings. The molecule has 4 atom stereocenters. The van der Waals surface area contributed by atoms with E-state index in [9.17, 15) is 9.59 Å². The van der Waals surface area contributed by atoms with E-state index in [2.05, 4.69) is 15.0 Å². The number of fused-ring (bicyclic) bond motifs is 1. The Morgan fingerprint density at radius 3 is 2.65 bits per heavy atom. The Kier molecular flexibility index (Phi) is 5.31. The molecule has 1 fully saturated rings. The normalized spacial score (nSPS) is 25.4. The first-order chi connectivity index (χ1) is 12.3. The highest BCUT2D eigenvalue weighted by Crippen LogP contribution is 2.38. The van der Waals surface area contributed by atoms with Crippen LogP contribution in [-0.2, 0) is 23.8 Å². The summed E-state index contributed by atoms with van der Waals surface area (Å²) in [6, 6.07) is 0. The number of carbonyl (C=O) groups is 2. The number of imidazole rings is 1. The van der Waals surface area contributed by atoms with Crippen molar-refractivity contribution in [2.75, 3.05) is 6.61 Å². The Bertz CT molecular complexity index is 858. The van der Waals surface area contributed by atoms with Gasteiger partial charge in [-0.1, -0.05) is 18.5 Å². The van der Waals surface area contributed by atoms with Crippen LogP contribution >= 0.6 is 23.2 Å². The number of rotatable bonds is 4. The SMILES string of the molecule is CC(=O)OC[C@H]1O[C@@H](n2cnc3c(Cl)nc(Cl)nc32)[C@H](OC(C)=O)[C@@H]1C. The van der Waals surface area contributed by atoms with Crippen molar-refractivity contribution in [2.24, 2.45) is 5.92 Å². The van der Waals surface area contributed by atoms with Gasteiger partial charge < -0.3 is 14.2 Å². The number of aromatic nitrogens is 4. The highest BCUT2D eigenvalue weighted by Gasteiger charge is 2.46. The van der Waals surface area contributed by atoms with Gasteiger partial charge in [0.2, 0.25) is 5.28 Å². The van der Waals surface area contributed by atoms with Gasteiger partial charge in [0, 0.05) is 19.8 Å². The van der Waals surface area contributed by atoms with Crippen LogP contribution in [0.1, 0.15) is 27.0 Å². The number of ether oxygens (including phenoxy) is 3. The summed E-state index contributed by atoms with van der Waals surface area (Å²) >= 11 is 11.9. The molecule has 0 N–H and O–H groups in total. The highest BCUT2D eigenvalue weighted by atomic mass is 35.5. The third-order valence-corrected chi connectivity index (χ3v) is 4.51. The average Bonchev–Trinajstić information content (AvgIpc) is 3.08. The standard InChI is InChI=1S/C15H16Cl2N4O5/c1-6-9(4-24-7(2)22)26-14(11(6)25-8(3)23)21-5-18-10-12(16)19-15(17)20-13(10)21/h5-6,9,11,14H,4H2,1-3H3/t6-,9-,11-,14-/m1/s1. The Morgan fingerprint density at radius 1 is 1.27 bits per heavy atom. The summed E-state index contributed by atoms with van der Waals surface area (Å²) in [4.78, 5) is 34.8. The third-order valence-electron chi connectivity index (χ3n) is 4.08. The first-order valence-electron chi connectivity index (χ1n) is 7.79. The van der Waals surface area contributed by atoms with Crippen molar-refractivity contribution in [3.05, 3.63) is 16.8 Å². The van der Waals surface area contributed by atoms with E-state index >= 15 is 0 Å². The number of hydrogen-bond donors (Lipinski definition) is 0. The highest BCUT2D eigenvalue weighted by molar-refractivity contribution is 6.35. The molecule has 140 valence electrons. The van der Waals surface area contributed by atoms with Gasteiger partial charge in [0.05, 0.1) is 6.33 Å². The molecular formula is C15H16Cl2N4O5. The van der Waals surface area contributed by atoms with Gasteiger partial charge in [0.1, 0.15) is 18.2 Å². The molecule has 0 aliphatic carbocycles. The monoisotopic (exact) mass is 402 g/mol. The average molecular weight is 403 g/mol. The zero-order valence-corrected chi connectivity index (χ0v) is 15.7. The van der Waals surface area contributed by atoms with E-state index in [1.165, 1.54) is 20.2 Å². The number of carbonyl (C=O) groups excluding carboxylic acids is 2. The lowest BCUT2D eigenvalue weighted by Crippen LogP contribution is -2.30. The molecule has 0 amide bonds. The Balaban J connectivity index is 1.98. The van der Waals surface area contributed by atoms with E-state index < -0.39 is 30.4 Å². The Labute approximate surface area is 158 Å². The molecule has 0 aromatic carbocycles. The van der Waals surface area contributed by atoms with Gasteiger partial charge >= 0.3 is 11.9 Å². The first kappa shape index (κ1) is 18.8. The van der Waals surface area contributed by atoms with Gasteiger partial charge in [-0.3, -0.25) is 14.2 Å². The Hall–Kier alpha value is -1.97. The number of hydrogen-bond acceptors (Lipinski definition) is 8. The van der Waals surface area contributed by atoms with Crippen molar-refractivity contribution in [3.8, 4) is 0 Å². The maximum absolute atomic E-state index is 11.5. The van der Waals surface area contributed by atoms with Gasteiger partial charge in [0.25, 0.3) is 0 Å². The minimum atomic E-state index is -0.735. The van der Waals surface area contributed by atoms with Crippen LogP contribution < -0.4 is 0 Å². The van der Waals surface area contributed by atoms with E-state index in [0.29, 0.717) is 11.2 Å². The molecule has 2 aromatic heterocycles. The van der Waals surface area contributed by atoms with Crippen LogP contribution in [-0.4, -0.2) is 50.3 Å². The zero-order chi connectivity index (χ0) is 19.0. The second-order valence-electron chi connectivity index (χ2n) is 5.91. The van der Waals surface area contributed by atoms with Crippen LogP contribution in [0.25, 0.3) is 11.2 Å². The molecule has 9 nitrogen and oxygen atoms in total. The third kappa shape index (κ3) is 3.60. The van der Waals surface area contributed by atoms with Gasteiger partial charge in [-0.25, -0.2) is 9.97 Å². The van der Waals surface area contributed by atoms with Crippen LogP contribution in [0.15, 0.2) is 6.33 Å². The summed E-state index contributed by atoms with van der Waals surface area (Å²) in [5.41, 5.74) is 0.690. The molecule has 3 heterocycles. The molecule has 0 saturated carbocycles. The van der Waals surface area contributed by atoms with Crippen LogP contribution in [0.2, 0.25) is 10.4 Å². The topological polar surface area (TPSA) is 105 Å². The molecule has 1 aliphatic heterocycles. The molecule has 11 heteroatoms. The fourth-order valence-corrected chi connectivity index (χ4v) is 3.29. The first-order valence-corrected chi connectivity index (χ1v) is 8.55. The van der Waals surface area contributed by atoms with E-state index in [-0.39, 0.29) is 23.0 Å². The van der Waals surface area contributed by atoms with Crippen molar-refractivity contribution < 1.29 is 23.8 Å². The van der Waals surface area contributed by atoms with Crippen LogP contribution in [0, 0.1) is 5.92 Å². The lowest BCUT2D eigenvalue weighted by Gasteiger charge is -2.21. The maximum atomic E-state index is 11.5. The number of esters is 2. The molecule has 0 radical (unpaired) electrons. The summed E-state index contributed by atoms with van der Waals surface area (Å²) in [6.07, 6.45) is -0.387. The number of halogens is 2. The molecule has 0 spiro atoms. The van der Waals surface area contributed by atoms with E-state index in [4.69, 9.17) is 37.4 Å². The Morgan fingerprint density at radius 2 is 2.00 bits per heavy atom. The van der Waals surface area contributed by atoms with Crippen LogP contribution in [0.3, 0.4) is 0 Å². The van der Waals surface area contributed by atoms with E-state index in [1.807, 2.05) is 6.92 Å². The lowest BCUT2D eigenvalue weighted by atomic mass is 10.0. The molecule has 0 bridgehead atoms. The summed E-state index contributed by atoms with van der Waals surface area (Å²) in [6.45, 7) is 4.50. The number of nitrogens with zero attached hydrogens (tertiary/aromatic N) is 4. The van der Waals surface area contributed by atoms with Gasteiger partial charge in [-0.05, 0) is 11.6 Å². The van der Waals surface area contributed by atoms with Crippen molar-refractivity contribution in [1.29, 1.82) is 0 Å². The quantitative estimate of drug-likeness (QED) is 0.435. The predicted octanol–water partition coefficient (Wildman–Crippen LogP) is 2.16. The summed E-state index contributed by atoms with van der Waals surface area (Å²) in [5, 5.41) is 0.0566. The van der Waals surface area contributed by atoms with Crippen molar-refractivity contribution >= 4 is 46.3 Å².